The van der Waals surface area contributed by atoms with Crippen LogP contribution < -0.4 is 15.2 Å². The SMILES string of the molecule is CCC(C)NC(=O)Oc1ccc(-c2ccccc2S(N)(=O)=O)cc1. The number of benzene rings is 2. The third-order valence-corrected chi connectivity index (χ3v) is 4.52. The van der Waals surface area contributed by atoms with Crippen LogP contribution in [0.1, 0.15) is 20.3 Å². The van der Waals surface area contributed by atoms with Gasteiger partial charge in [0.15, 0.2) is 0 Å². The van der Waals surface area contributed by atoms with Crippen LogP contribution in [0.4, 0.5) is 4.79 Å². The Balaban J connectivity index is 2.21. The van der Waals surface area contributed by atoms with Gasteiger partial charge in [0.05, 0.1) is 4.90 Å². The standard InChI is InChI=1S/C17H20N2O4S/c1-3-12(2)19-17(20)23-14-10-8-13(9-11-14)15-6-4-5-7-16(15)24(18,21)22/h4-12H,3H2,1-2H3,(H,19,20)(H2,18,21,22). The molecule has 7 heteroatoms. The highest BCUT2D eigenvalue weighted by atomic mass is 32.2. The summed E-state index contributed by atoms with van der Waals surface area (Å²) >= 11 is 0. The van der Waals surface area contributed by atoms with E-state index in [4.69, 9.17) is 9.88 Å². The van der Waals surface area contributed by atoms with Crippen LogP contribution in [0.5, 0.6) is 5.75 Å². The molecule has 1 atom stereocenters. The first-order valence-electron chi connectivity index (χ1n) is 7.52. The van der Waals surface area contributed by atoms with Crippen LogP contribution in [0.3, 0.4) is 0 Å². The maximum absolute atomic E-state index is 11.7. The molecule has 0 aliphatic rings. The van der Waals surface area contributed by atoms with Crippen molar-refractivity contribution >= 4 is 16.1 Å². The summed E-state index contributed by atoms with van der Waals surface area (Å²) in [5.74, 6) is 0.368. The smallest absolute Gasteiger partial charge is 0.410 e. The number of nitrogens with two attached hydrogens (primary N) is 1. The second-order valence-corrected chi connectivity index (χ2v) is 6.94. The molecule has 6 nitrogen and oxygen atoms in total. The number of hydrogen-bond donors (Lipinski definition) is 2. The molecule has 2 aromatic rings. The molecule has 128 valence electrons. The number of nitrogens with one attached hydrogen (secondary N) is 1. The first kappa shape index (κ1) is 18.0. The first-order chi connectivity index (χ1) is 11.3. The van der Waals surface area contributed by atoms with Crippen molar-refractivity contribution < 1.29 is 17.9 Å². The number of rotatable bonds is 5. The minimum absolute atomic E-state index is 0.0263. The summed E-state index contributed by atoms with van der Waals surface area (Å²) in [4.78, 5) is 11.7. The second-order valence-electron chi connectivity index (χ2n) is 5.41. The van der Waals surface area contributed by atoms with Crippen molar-refractivity contribution in [2.24, 2.45) is 5.14 Å². The average molecular weight is 348 g/mol. The van der Waals surface area contributed by atoms with E-state index in [9.17, 15) is 13.2 Å². The fourth-order valence-corrected chi connectivity index (χ4v) is 2.86. The topological polar surface area (TPSA) is 98.5 Å². The van der Waals surface area contributed by atoms with E-state index in [1.165, 1.54) is 6.07 Å². The normalized spacial score (nSPS) is 12.5. The van der Waals surface area contributed by atoms with Gasteiger partial charge in [0.1, 0.15) is 5.75 Å². The van der Waals surface area contributed by atoms with Gasteiger partial charge >= 0.3 is 6.09 Å². The molecule has 0 aromatic heterocycles. The molecule has 2 aromatic carbocycles. The molecule has 0 bridgehead atoms. The van der Waals surface area contributed by atoms with Gasteiger partial charge in [-0.2, -0.15) is 0 Å². The summed E-state index contributed by atoms with van der Waals surface area (Å²) < 4.78 is 28.5. The van der Waals surface area contributed by atoms with Crippen molar-refractivity contribution in [1.29, 1.82) is 0 Å². The Morgan fingerprint density at radius 2 is 1.79 bits per heavy atom. The summed E-state index contributed by atoms with van der Waals surface area (Å²) in [7, 11) is -3.82. The molecule has 1 amide bonds. The van der Waals surface area contributed by atoms with Gasteiger partial charge < -0.3 is 10.1 Å². The Hall–Kier alpha value is -2.38. The molecule has 0 aliphatic carbocycles. The number of primary sulfonamides is 1. The van der Waals surface area contributed by atoms with Crippen molar-refractivity contribution in [2.75, 3.05) is 0 Å². The highest BCUT2D eigenvalue weighted by Crippen LogP contribution is 2.28. The maximum atomic E-state index is 11.7. The van der Waals surface area contributed by atoms with Crippen LogP contribution in [0.2, 0.25) is 0 Å². The van der Waals surface area contributed by atoms with E-state index in [2.05, 4.69) is 5.32 Å². The molecular formula is C17H20N2O4S. The van der Waals surface area contributed by atoms with Crippen molar-refractivity contribution in [3.05, 3.63) is 48.5 Å². The zero-order valence-corrected chi connectivity index (χ0v) is 14.3. The van der Waals surface area contributed by atoms with Crippen LogP contribution in [-0.4, -0.2) is 20.6 Å². The van der Waals surface area contributed by atoms with E-state index in [1.807, 2.05) is 13.8 Å². The van der Waals surface area contributed by atoms with Crippen LogP contribution in [-0.2, 0) is 10.0 Å². The van der Waals surface area contributed by atoms with Crippen molar-refractivity contribution in [1.82, 2.24) is 5.32 Å². The van der Waals surface area contributed by atoms with Gasteiger partial charge in [0.25, 0.3) is 0 Å². The summed E-state index contributed by atoms with van der Waals surface area (Å²) in [6.07, 6.45) is 0.278. The van der Waals surface area contributed by atoms with E-state index in [0.29, 0.717) is 16.9 Å². The molecule has 0 heterocycles. The van der Waals surface area contributed by atoms with Crippen molar-refractivity contribution in [3.63, 3.8) is 0 Å². The molecule has 1 unspecified atom stereocenters. The Kier molecular flexibility index (Phi) is 5.58. The van der Waals surface area contributed by atoms with Gasteiger partial charge in [-0.15, -0.1) is 0 Å². The predicted octanol–water partition coefficient (Wildman–Crippen LogP) is 2.89. The van der Waals surface area contributed by atoms with Crippen molar-refractivity contribution in [3.8, 4) is 16.9 Å². The quantitative estimate of drug-likeness (QED) is 0.868. The van der Waals surface area contributed by atoms with Gasteiger partial charge in [0.2, 0.25) is 10.0 Å². The zero-order valence-electron chi connectivity index (χ0n) is 13.5. The molecule has 0 radical (unpaired) electrons. The zero-order chi connectivity index (χ0) is 17.7. The third-order valence-electron chi connectivity index (χ3n) is 3.55. The summed E-state index contributed by atoms with van der Waals surface area (Å²) in [6.45, 7) is 3.84. The Labute approximate surface area is 141 Å². The lowest BCUT2D eigenvalue weighted by molar-refractivity contribution is 0.196. The average Bonchev–Trinajstić information content (AvgIpc) is 2.54. The number of sulfonamides is 1. The minimum atomic E-state index is -3.82. The van der Waals surface area contributed by atoms with Crippen LogP contribution in [0, 0.1) is 0 Å². The summed E-state index contributed by atoms with van der Waals surface area (Å²) in [6, 6.07) is 13.1. The fraction of sp³-hybridized carbons (Fsp3) is 0.235. The van der Waals surface area contributed by atoms with E-state index in [-0.39, 0.29) is 10.9 Å². The number of amides is 1. The molecule has 2 rings (SSSR count). The van der Waals surface area contributed by atoms with E-state index < -0.39 is 16.1 Å². The van der Waals surface area contributed by atoms with E-state index >= 15 is 0 Å². The summed E-state index contributed by atoms with van der Waals surface area (Å²) in [5.41, 5.74) is 1.16. The monoisotopic (exact) mass is 348 g/mol. The van der Waals surface area contributed by atoms with E-state index in [1.54, 1.807) is 42.5 Å². The molecule has 3 N–H and O–H groups in total. The third kappa shape index (κ3) is 4.56. The Bertz CT molecular complexity index is 817. The number of hydrogen-bond acceptors (Lipinski definition) is 4. The molecule has 0 spiro atoms. The van der Waals surface area contributed by atoms with Gasteiger partial charge in [0, 0.05) is 11.6 Å². The highest BCUT2D eigenvalue weighted by molar-refractivity contribution is 7.89. The van der Waals surface area contributed by atoms with Gasteiger partial charge in [-0.3, -0.25) is 0 Å². The lowest BCUT2D eigenvalue weighted by Crippen LogP contribution is -2.34. The summed E-state index contributed by atoms with van der Waals surface area (Å²) in [5, 5.41) is 7.94. The van der Waals surface area contributed by atoms with Gasteiger partial charge in [-0.25, -0.2) is 18.4 Å². The number of carbonyl (C=O) groups excluding carboxylic acids is 1. The molecule has 0 aliphatic heterocycles. The number of carbonyl (C=O) groups is 1. The minimum Gasteiger partial charge on any atom is -0.410 e. The lowest BCUT2D eigenvalue weighted by Gasteiger charge is -2.12. The largest absolute Gasteiger partial charge is 0.412 e. The molecule has 24 heavy (non-hydrogen) atoms. The first-order valence-corrected chi connectivity index (χ1v) is 9.06. The maximum Gasteiger partial charge on any atom is 0.412 e. The van der Waals surface area contributed by atoms with Crippen LogP contribution in [0.15, 0.2) is 53.4 Å². The fourth-order valence-electron chi connectivity index (χ4n) is 2.10. The number of ether oxygens (including phenoxy) is 1. The molecule has 0 saturated heterocycles. The Morgan fingerprint density at radius 1 is 1.17 bits per heavy atom. The van der Waals surface area contributed by atoms with Crippen molar-refractivity contribution in [2.45, 2.75) is 31.2 Å². The van der Waals surface area contributed by atoms with Gasteiger partial charge in [-0.05, 0) is 37.1 Å². The molecular weight excluding hydrogens is 328 g/mol. The lowest BCUT2D eigenvalue weighted by atomic mass is 10.1. The molecule has 0 fully saturated rings. The van der Waals surface area contributed by atoms with Crippen LogP contribution in [0.25, 0.3) is 11.1 Å². The highest BCUT2D eigenvalue weighted by Gasteiger charge is 2.14. The predicted molar refractivity (Wildman–Crippen MR) is 92.2 cm³/mol. The van der Waals surface area contributed by atoms with Gasteiger partial charge in [-0.1, -0.05) is 37.3 Å². The molecule has 0 saturated carbocycles. The van der Waals surface area contributed by atoms with E-state index in [0.717, 1.165) is 6.42 Å². The Morgan fingerprint density at radius 3 is 2.38 bits per heavy atom. The van der Waals surface area contributed by atoms with Crippen LogP contribution >= 0.6 is 0 Å². The second kappa shape index (κ2) is 7.46.